The van der Waals surface area contributed by atoms with E-state index in [0.29, 0.717) is 5.56 Å². The molecule has 1 aromatic carbocycles. The van der Waals surface area contributed by atoms with E-state index < -0.39 is 17.6 Å². The van der Waals surface area contributed by atoms with E-state index in [1.807, 2.05) is 6.92 Å². The van der Waals surface area contributed by atoms with Crippen LogP contribution in [0, 0.1) is 5.82 Å². The van der Waals surface area contributed by atoms with Crippen molar-refractivity contribution < 1.29 is 23.9 Å². The van der Waals surface area contributed by atoms with E-state index in [4.69, 9.17) is 4.84 Å². The lowest BCUT2D eigenvalue weighted by Gasteiger charge is -2.18. The normalized spacial score (nSPS) is 15.7. The Morgan fingerprint density at radius 2 is 2.04 bits per heavy atom. The van der Waals surface area contributed by atoms with Gasteiger partial charge in [0.05, 0.1) is 19.7 Å². The minimum atomic E-state index is -0.737. The third-order valence-electron chi connectivity index (χ3n) is 3.54. The molecule has 8 heteroatoms. The molecular weight excluding hydrogens is 335 g/mol. The van der Waals surface area contributed by atoms with Crippen LogP contribution in [0.5, 0.6) is 0 Å². The molecule has 0 heterocycles. The molecule has 0 aliphatic heterocycles. The van der Waals surface area contributed by atoms with Crippen molar-refractivity contribution in [2.45, 2.75) is 31.1 Å². The Hall–Kier alpha value is -2.06. The van der Waals surface area contributed by atoms with Crippen LogP contribution >= 0.6 is 11.9 Å². The fourth-order valence-electron chi connectivity index (χ4n) is 1.74. The van der Waals surface area contributed by atoms with Crippen LogP contribution in [-0.2, 0) is 21.0 Å². The van der Waals surface area contributed by atoms with Gasteiger partial charge in [-0.3, -0.25) is 19.1 Å². The number of nitrogens with one attached hydrogen (secondary N) is 1. The fraction of sp³-hybridized carbons (Fsp3) is 0.375. The number of aliphatic hydroxyl groups excluding tert-OH is 1. The number of hydrogen-bond donors (Lipinski definition) is 2. The number of hydrogen-bond acceptors (Lipinski definition) is 5. The molecule has 0 unspecified atom stereocenters. The summed E-state index contributed by atoms with van der Waals surface area (Å²) in [7, 11) is 1.29. The molecule has 0 spiro atoms. The summed E-state index contributed by atoms with van der Waals surface area (Å²) in [6.45, 7) is 2.05. The quantitative estimate of drug-likeness (QED) is 0.340. The Bertz CT molecular complexity index is 644. The topological polar surface area (TPSA) is 78.9 Å². The van der Waals surface area contributed by atoms with Crippen LogP contribution in [-0.4, -0.2) is 33.8 Å². The highest BCUT2D eigenvalue weighted by Gasteiger charge is 2.39. The predicted octanol–water partition coefficient (Wildman–Crippen LogP) is 2.47. The maximum absolute atomic E-state index is 12.9. The molecule has 0 radical (unpaired) electrons. The molecule has 0 aromatic heterocycles. The van der Waals surface area contributed by atoms with Gasteiger partial charge >= 0.3 is 0 Å². The molecule has 0 atom stereocenters. The number of aliphatic hydroxyl groups is 1. The maximum atomic E-state index is 12.9. The number of carbonyl (C=O) groups is 2. The lowest BCUT2D eigenvalue weighted by molar-refractivity contribution is -0.173. The first kappa shape index (κ1) is 18.3. The van der Waals surface area contributed by atoms with Gasteiger partial charge in [0.1, 0.15) is 5.82 Å². The number of halogens is 1. The van der Waals surface area contributed by atoms with Gasteiger partial charge in [-0.2, -0.15) is 0 Å². The predicted molar refractivity (Wildman–Crippen MR) is 88.0 cm³/mol. The Morgan fingerprint density at radius 3 is 2.58 bits per heavy atom. The minimum Gasteiger partial charge on any atom is -0.503 e. The molecule has 130 valence electrons. The Morgan fingerprint density at radius 1 is 1.42 bits per heavy atom. The average Bonchev–Trinajstić information content (AvgIpc) is 3.29. The van der Waals surface area contributed by atoms with Crippen molar-refractivity contribution in [1.82, 2.24) is 9.79 Å². The average molecular weight is 354 g/mol. The Kier molecular flexibility index (Phi) is 5.84. The summed E-state index contributed by atoms with van der Waals surface area (Å²) in [5.74, 6) is -2.51. The zero-order valence-corrected chi connectivity index (χ0v) is 14.2. The SMILES string of the molecule is CON(Cc1ccc(F)cc1)C(=O)/C=C(\O)C(=O)NSC1(C)CC1. The van der Waals surface area contributed by atoms with Crippen molar-refractivity contribution >= 4 is 23.8 Å². The van der Waals surface area contributed by atoms with Crippen LogP contribution < -0.4 is 4.72 Å². The molecule has 2 N–H and O–H groups in total. The summed E-state index contributed by atoms with van der Waals surface area (Å²) in [6, 6.07) is 5.56. The lowest BCUT2D eigenvalue weighted by atomic mass is 10.2. The van der Waals surface area contributed by atoms with Crippen molar-refractivity contribution in [3.63, 3.8) is 0 Å². The van der Waals surface area contributed by atoms with Crippen molar-refractivity contribution in [3.8, 4) is 0 Å². The van der Waals surface area contributed by atoms with E-state index >= 15 is 0 Å². The largest absolute Gasteiger partial charge is 0.503 e. The number of rotatable bonds is 7. The van der Waals surface area contributed by atoms with E-state index in [9.17, 15) is 19.1 Å². The molecule has 1 aliphatic rings. The van der Waals surface area contributed by atoms with E-state index in [2.05, 4.69) is 4.72 Å². The molecule has 1 aromatic rings. The highest BCUT2D eigenvalue weighted by Crippen LogP contribution is 2.46. The van der Waals surface area contributed by atoms with Crippen LogP contribution in [0.2, 0.25) is 0 Å². The first-order valence-electron chi connectivity index (χ1n) is 7.32. The number of hydroxylamine groups is 2. The first-order valence-corrected chi connectivity index (χ1v) is 8.14. The summed E-state index contributed by atoms with van der Waals surface area (Å²) >= 11 is 1.23. The Labute approximate surface area is 143 Å². The summed E-state index contributed by atoms with van der Waals surface area (Å²) in [4.78, 5) is 28.8. The summed E-state index contributed by atoms with van der Waals surface area (Å²) in [5, 5.41) is 10.7. The van der Waals surface area contributed by atoms with Gasteiger partial charge in [0.25, 0.3) is 11.8 Å². The monoisotopic (exact) mass is 354 g/mol. The van der Waals surface area contributed by atoms with Gasteiger partial charge in [-0.1, -0.05) is 12.1 Å². The zero-order chi connectivity index (χ0) is 17.7. The van der Waals surface area contributed by atoms with Crippen molar-refractivity contribution in [2.75, 3.05) is 7.11 Å². The van der Waals surface area contributed by atoms with Gasteiger partial charge in [0.15, 0.2) is 5.76 Å². The van der Waals surface area contributed by atoms with Crippen LogP contribution in [0.25, 0.3) is 0 Å². The molecule has 1 aliphatic carbocycles. The van der Waals surface area contributed by atoms with Crippen molar-refractivity contribution in [3.05, 3.63) is 47.5 Å². The second kappa shape index (κ2) is 7.67. The molecule has 1 fully saturated rings. The molecule has 2 rings (SSSR count). The van der Waals surface area contributed by atoms with Gasteiger partial charge < -0.3 is 5.11 Å². The van der Waals surface area contributed by atoms with Gasteiger partial charge in [0.2, 0.25) is 0 Å². The summed E-state index contributed by atoms with van der Waals surface area (Å²) in [5.41, 5.74) is 0.640. The van der Waals surface area contributed by atoms with E-state index in [1.54, 1.807) is 0 Å². The van der Waals surface area contributed by atoms with E-state index in [0.717, 1.165) is 24.0 Å². The number of benzene rings is 1. The third-order valence-corrected chi connectivity index (χ3v) is 4.73. The molecular formula is C16H19FN2O4S. The lowest BCUT2D eigenvalue weighted by Crippen LogP contribution is -2.29. The van der Waals surface area contributed by atoms with E-state index in [1.165, 1.54) is 43.3 Å². The third kappa shape index (κ3) is 5.24. The van der Waals surface area contributed by atoms with Crippen LogP contribution in [0.3, 0.4) is 0 Å². The maximum Gasteiger partial charge on any atom is 0.296 e. The highest BCUT2D eigenvalue weighted by atomic mass is 32.2. The van der Waals surface area contributed by atoms with Crippen LogP contribution in [0.1, 0.15) is 25.3 Å². The van der Waals surface area contributed by atoms with Crippen LogP contribution in [0.15, 0.2) is 36.1 Å². The minimum absolute atomic E-state index is 0.0150. The second-order valence-corrected chi connectivity index (χ2v) is 7.09. The second-order valence-electron chi connectivity index (χ2n) is 5.70. The zero-order valence-electron chi connectivity index (χ0n) is 13.4. The van der Waals surface area contributed by atoms with Gasteiger partial charge in [-0.05, 0) is 49.4 Å². The van der Waals surface area contributed by atoms with Crippen molar-refractivity contribution in [2.24, 2.45) is 0 Å². The fourth-order valence-corrected chi connectivity index (χ4v) is 2.49. The number of nitrogens with zero attached hydrogens (tertiary/aromatic N) is 1. The van der Waals surface area contributed by atoms with E-state index in [-0.39, 0.29) is 17.1 Å². The van der Waals surface area contributed by atoms with Crippen molar-refractivity contribution in [1.29, 1.82) is 0 Å². The number of amides is 2. The molecule has 0 bridgehead atoms. The molecule has 2 amide bonds. The summed E-state index contributed by atoms with van der Waals surface area (Å²) in [6.07, 6.45) is 2.78. The van der Waals surface area contributed by atoms with Gasteiger partial charge in [0, 0.05) is 4.75 Å². The first-order chi connectivity index (χ1) is 11.3. The molecule has 1 saturated carbocycles. The Balaban J connectivity index is 1.93. The number of carbonyl (C=O) groups excluding carboxylic acids is 2. The molecule has 6 nitrogen and oxygen atoms in total. The summed E-state index contributed by atoms with van der Waals surface area (Å²) < 4.78 is 15.4. The van der Waals surface area contributed by atoms with Gasteiger partial charge in [-0.15, -0.1) is 0 Å². The molecule has 0 saturated heterocycles. The van der Waals surface area contributed by atoms with Crippen LogP contribution in [0.4, 0.5) is 4.39 Å². The highest BCUT2D eigenvalue weighted by molar-refractivity contribution is 7.99. The standard InChI is InChI=1S/C16H19FN2O4S/c1-16(7-8-16)24-18-15(22)13(20)9-14(21)19(23-2)10-11-3-5-12(17)6-4-11/h3-6,9,20H,7-8,10H2,1-2H3,(H,18,22)/b13-9-. The molecule has 24 heavy (non-hydrogen) atoms. The van der Waals surface area contributed by atoms with Gasteiger partial charge in [-0.25, -0.2) is 9.45 Å². The smallest absolute Gasteiger partial charge is 0.296 e.